The molecular formula is C14H22N2O2S. The molecule has 1 aromatic rings. The van der Waals surface area contributed by atoms with E-state index in [0.717, 1.165) is 37.5 Å². The minimum atomic E-state index is -0.738. The van der Waals surface area contributed by atoms with Gasteiger partial charge in [-0.3, -0.25) is 9.69 Å². The van der Waals surface area contributed by atoms with E-state index in [1.807, 2.05) is 17.5 Å². The Labute approximate surface area is 118 Å². The van der Waals surface area contributed by atoms with E-state index in [2.05, 4.69) is 23.6 Å². The number of hydrogen-bond donors (Lipinski definition) is 1. The molecule has 2 heterocycles. The summed E-state index contributed by atoms with van der Waals surface area (Å²) >= 11 is 1.53. The fraction of sp³-hybridized carbons (Fsp3) is 0.643. The van der Waals surface area contributed by atoms with Crippen LogP contribution in [0.5, 0.6) is 0 Å². The van der Waals surface area contributed by atoms with Gasteiger partial charge in [0.15, 0.2) is 0 Å². The van der Waals surface area contributed by atoms with Gasteiger partial charge < -0.3 is 10.0 Å². The number of carbonyl (C=O) groups is 1. The first-order chi connectivity index (χ1) is 9.13. The van der Waals surface area contributed by atoms with Crippen molar-refractivity contribution in [1.29, 1.82) is 0 Å². The number of aliphatic carboxylic acids is 1. The van der Waals surface area contributed by atoms with Crippen LogP contribution in [0.4, 0.5) is 0 Å². The summed E-state index contributed by atoms with van der Waals surface area (Å²) in [6, 6.07) is 3.64. The molecule has 1 N–H and O–H groups in total. The summed E-state index contributed by atoms with van der Waals surface area (Å²) in [5.74, 6) is -0.738. The maximum atomic E-state index is 11.6. The third-order valence-corrected chi connectivity index (χ3v) is 4.61. The molecule has 0 amide bonds. The first-order valence-electron chi connectivity index (χ1n) is 6.87. The van der Waals surface area contributed by atoms with Crippen molar-refractivity contribution in [2.45, 2.75) is 32.4 Å². The van der Waals surface area contributed by atoms with Gasteiger partial charge in [-0.2, -0.15) is 0 Å². The first kappa shape index (κ1) is 14.5. The van der Waals surface area contributed by atoms with E-state index >= 15 is 0 Å². The van der Waals surface area contributed by atoms with Gasteiger partial charge in [0.05, 0.1) is 0 Å². The average molecular weight is 282 g/mol. The minimum Gasteiger partial charge on any atom is -0.480 e. The van der Waals surface area contributed by atoms with E-state index in [-0.39, 0.29) is 6.04 Å². The number of thiophene rings is 1. The molecule has 19 heavy (non-hydrogen) atoms. The van der Waals surface area contributed by atoms with Crippen molar-refractivity contribution in [2.75, 3.05) is 26.2 Å². The summed E-state index contributed by atoms with van der Waals surface area (Å²) < 4.78 is 0. The molecule has 5 heteroatoms. The molecule has 0 bridgehead atoms. The number of nitrogens with zero attached hydrogens (tertiary/aromatic N) is 2. The molecule has 1 saturated heterocycles. The Morgan fingerprint density at radius 2 is 2.37 bits per heavy atom. The third-order valence-electron chi connectivity index (χ3n) is 3.68. The fourth-order valence-electron chi connectivity index (χ4n) is 2.82. The van der Waals surface area contributed by atoms with Crippen LogP contribution in [-0.4, -0.2) is 53.1 Å². The van der Waals surface area contributed by atoms with Crippen molar-refractivity contribution in [3.63, 3.8) is 0 Å². The average Bonchev–Trinajstić information content (AvgIpc) is 2.86. The molecule has 0 spiro atoms. The molecule has 0 aromatic carbocycles. The van der Waals surface area contributed by atoms with Crippen LogP contribution in [0, 0.1) is 0 Å². The maximum absolute atomic E-state index is 11.6. The summed E-state index contributed by atoms with van der Waals surface area (Å²) in [6.07, 6.45) is 1.15. The van der Waals surface area contributed by atoms with Gasteiger partial charge in [-0.15, -0.1) is 11.3 Å². The zero-order chi connectivity index (χ0) is 13.8. The molecule has 1 aliphatic rings. The molecule has 4 nitrogen and oxygen atoms in total. The van der Waals surface area contributed by atoms with Crippen LogP contribution in [0.1, 0.15) is 31.2 Å². The van der Waals surface area contributed by atoms with Gasteiger partial charge >= 0.3 is 5.97 Å². The highest BCUT2D eigenvalue weighted by Gasteiger charge is 2.34. The summed E-state index contributed by atoms with van der Waals surface area (Å²) in [5.41, 5.74) is 0. The molecule has 0 radical (unpaired) electrons. The molecule has 1 aromatic heterocycles. The molecule has 2 atom stereocenters. The quantitative estimate of drug-likeness (QED) is 0.900. The zero-order valence-electron chi connectivity index (χ0n) is 11.6. The van der Waals surface area contributed by atoms with Gasteiger partial charge in [0, 0.05) is 30.6 Å². The van der Waals surface area contributed by atoms with E-state index in [4.69, 9.17) is 0 Å². The second-order valence-corrected chi connectivity index (χ2v) is 6.12. The highest BCUT2D eigenvalue weighted by Crippen LogP contribution is 2.28. The van der Waals surface area contributed by atoms with Crippen LogP contribution in [0.3, 0.4) is 0 Å². The molecular weight excluding hydrogens is 260 g/mol. The Hall–Kier alpha value is -0.910. The molecule has 106 valence electrons. The van der Waals surface area contributed by atoms with Crippen LogP contribution in [-0.2, 0) is 4.79 Å². The van der Waals surface area contributed by atoms with Crippen molar-refractivity contribution >= 4 is 17.3 Å². The minimum absolute atomic E-state index is 0.281. The van der Waals surface area contributed by atoms with Crippen molar-refractivity contribution in [3.8, 4) is 0 Å². The van der Waals surface area contributed by atoms with Gasteiger partial charge in [-0.25, -0.2) is 0 Å². The van der Waals surface area contributed by atoms with E-state index in [1.54, 1.807) is 0 Å². The smallest absolute Gasteiger partial charge is 0.326 e. The predicted octanol–water partition coefficient (Wildman–Crippen LogP) is 2.29. The number of carboxylic acids is 1. The van der Waals surface area contributed by atoms with Gasteiger partial charge in [0.1, 0.15) is 6.04 Å². The second kappa shape index (κ2) is 6.50. The zero-order valence-corrected chi connectivity index (χ0v) is 12.4. The lowest BCUT2D eigenvalue weighted by atomic mass is 10.1. The topological polar surface area (TPSA) is 43.8 Å². The largest absolute Gasteiger partial charge is 0.480 e. The van der Waals surface area contributed by atoms with Crippen LogP contribution >= 0.6 is 11.3 Å². The molecule has 0 saturated carbocycles. The molecule has 1 fully saturated rings. The Morgan fingerprint density at radius 1 is 1.58 bits per heavy atom. The molecule has 2 rings (SSSR count). The monoisotopic (exact) mass is 282 g/mol. The molecule has 2 unspecified atom stereocenters. The Balaban J connectivity index is 2.09. The number of rotatable bonds is 5. The van der Waals surface area contributed by atoms with Crippen LogP contribution in [0.15, 0.2) is 17.5 Å². The van der Waals surface area contributed by atoms with Gasteiger partial charge in [-0.05, 0) is 31.3 Å². The van der Waals surface area contributed by atoms with E-state index in [0.29, 0.717) is 0 Å². The molecule has 0 aliphatic carbocycles. The summed E-state index contributed by atoms with van der Waals surface area (Å²) in [4.78, 5) is 17.1. The SMILES string of the molecule is CCCN1CCN(C(C(=O)O)c2cccs2)C(C)C1. The highest BCUT2D eigenvalue weighted by molar-refractivity contribution is 7.10. The Bertz CT molecular complexity index is 408. The number of hydrogen-bond acceptors (Lipinski definition) is 4. The number of carboxylic acid groups (broad SMARTS) is 1. The van der Waals surface area contributed by atoms with Crippen molar-refractivity contribution in [2.24, 2.45) is 0 Å². The van der Waals surface area contributed by atoms with Crippen molar-refractivity contribution < 1.29 is 9.90 Å². The van der Waals surface area contributed by atoms with Gasteiger partial charge in [-0.1, -0.05) is 13.0 Å². The lowest BCUT2D eigenvalue weighted by Gasteiger charge is -2.42. The predicted molar refractivity (Wildman–Crippen MR) is 77.6 cm³/mol. The van der Waals surface area contributed by atoms with Crippen molar-refractivity contribution in [1.82, 2.24) is 9.80 Å². The second-order valence-electron chi connectivity index (χ2n) is 5.14. The van der Waals surface area contributed by atoms with E-state index < -0.39 is 12.0 Å². The Kier molecular flexibility index (Phi) is 4.96. The van der Waals surface area contributed by atoms with Gasteiger partial charge in [0.2, 0.25) is 0 Å². The normalized spacial score (nSPS) is 23.4. The summed E-state index contributed by atoms with van der Waals surface area (Å²) in [6.45, 7) is 8.18. The highest BCUT2D eigenvalue weighted by atomic mass is 32.1. The maximum Gasteiger partial charge on any atom is 0.326 e. The van der Waals surface area contributed by atoms with E-state index in [1.165, 1.54) is 11.3 Å². The van der Waals surface area contributed by atoms with Crippen LogP contribution in [0.2, 0.25) is 0 Å². The molecule has 1 aliphatic heterocycles. The van der Waals surface area contributed by atoms with Crippen molar-refractivity contribution in [3.05, 3.63) is 22.4 Å². The van der Waals surface area contributed by atoms with Crippen LogP contribution in [0.25, 0.3) is 0 Å². The lowest BCUT2D eigenvalue weighted by Crippen LogP contribution is -2.54. The summed E-state index contributed by atoms with van der Waals surface area (Å²) in [7, 11) is 0. The van der Waals surface area contributed by atoms with Crippen LogP contribution < -0.4 is 0 Å². The summed E-state index contributed by atoms with van der Waals surface area (Å²) in [5, 5.41) is 11.5. The number of piperazine rings is 1. The van der Waals surface area contributed by atoms with E-state index in [9.17, 15) is 9.90 Å². The Morgan fingerprint density at radius 3 is 2.89 bits per heavy atom. The third kappa shape index (κ3) is 3.35. The fourth-order valence-corrected chi connectivity index (χ4v) is 3.66. The van der Waals surface area contributed by atoms with Gasteiger partial charge in [0.25, 0.3) is 0 Å². The lowest BCUT2D eigenvalue weighted by molar-refractivity contribution is -0.145. The standard InChI is InChI=1S/C14H22N2O2S/c1-3-6-15-7-8-16(11(2)10-15)13(14(17)18)12-5-4-9-19-12/h4-5,9,11,13H,3,6-8,10H2,1-2H3,(H,17,18). The first-order valence-corrected chi connectivity index (χ1v) is 7.75.